The van der Waals surface area contributed by atoms with E-state index >= 15 is 0 Å². The fourth-order valence-electron chi connectivity index (χ4n) is 3.13. The van der Waals surface area contributed by atoms with Gasteiger partial charge in [0.15, 0.2) is 0 Å². The molecule has 0 aromatic carbocycles. The number of allylic oxidation sites excluding steroid dienone is 2. The average Bonchev–Trinajstić information content (AvgIpc) is 2.75. The number of ether oxygens (including phenoxy) is 2. The van der Waals surface area contributed by atoms with E-state index in [2.05, 4.69) is 13.2 Å². The zero-order chi connectivity index (χ0) is 22.1. The molecule has 0 spiro atoms. The van der Waals surface area contributed by atoms with Crippen molar-refractivity contribution in [2.24, 2.45) is 0 Å². The zero-order valence-corrected chi connectivity index (χ0v) is 19.1. The molecule has 4 heteroatoms. The molecule has 0 N–H and O–H groups in total. The monoisotopic (exact) mass is 420 g/mol. The van der Waals surface area contributed by atoms with Gasteiger partial charge in [0.25, 0.3) is 0 Å². The third-order valence-electron chi connectivity index (χ3n) is 4.95. The highest BCUT2D eigenvalue weighted by Crippen LogP contribution is 2.10. The summed E-state index contributed by atoms with van der Waals surface area (Å²) in [6.45, 7) is 8.26. The molecule has 0 aliphatic rings. The van der Waals surface area contributed by atoms with Gasteiger partial charge in [-0.05, 0) is 38.5 Å². The van der Waals surface area contributed by atoms with Crippen LogP contribution in [0.2, 0.25) is 0 Å². The molecule has 30 heavy (non-hydrogen) atoms. The second-order valence-corrected chi connectivity index (χ2v) is 7.77. The van der Waals surface area contributed by atoms with Crippen LogP contribution in [0, 0.1) is 0 Å². The Kier molecular flexibility index (Phi) is 22.0. The van der Waals surface area contributed by atoms with Gasteiger partial charge in [-0.25, -0.2) is 9.59 Å². The van der Waals surface area contributed by atoms with Gasteiger partial charge >= 0.3 is 11.9 Å². The summed E-state index contributed by atoms with van der Waals surface area (Å²) in [5, 5.41) is 0. The third kappa shape index (κ3) is 22.4. The molecule has 0 saturated carbocycles. The van der Waals surface area contributed by atoms with E-state index < -0.39 is 11.9 Å². The highest BCUT2D eigenvalue weighted by Gasteiger charge is 2.01. The Bertz CT molecular complexity index is 426. The van der Waals surface area contributed by atoms with Crippen molar-refractivity contribution in [3.63, 3.8) is 0 Å². The minimum atomic E-state index is -0.479. The molecule has 0 atom stereocenters. The van der Waals surface area contributed by atoms with Crippen molar-refractivity contribution in [1.29, 1.82) is 0 Å². The molecule has 0 rings (SSSR count). The fourth-order valence-corrected chi connectivity index (χ4v) is 3.13. The van der Waals surface area contributed by atoms with E-state index in [0.29, 0.717) is 13.2 Å². The van der Waals surface area contributed by atoms with Gasteiger partial charge < -0.3 is 9.47 Å². The Labute approximate surface area is 184 Å². The second kappa shape index (κ2) is 23.4. The molecular weight excluding hydrogens is 376 g/mol. The van der Waals surface area contributed by atoms with Crippen LogP contribution in [0.4, 0.5) is 0 Å². The first kappa shape index (κ1) is 28.2. The molecule has 0 aromatic heterocycles. The van der Waals surface area contributed by atoms with E-state index in [4.69, 9.17) is 9.47 Å². The molecule has 0 aromatic rings. The summed E-state index contributed by atoms with van der Waals surface area (Å²) in [6, 6.07) is 0. The maximum absolute atomic E-state index is 11.6. The highest BCUT2D eigenvalue weighted by molar-refractivity contribution is 5.91. The van der Waals surface area contributed by atoms with Crippen LogP contribution >= 0.6 is 0 Å². The summed E-state index contributed by atoms with van der Waals surface area (Å²) >= 11 is 0. The van der Waals surface area contributed by atoms with Crippen molar-refractivity contribution in [3.8, 4) is 0 Å². The standard InChI is InChI=1S/C26H44O4/c1-3-5-7-9-11-13-15-17-19-23-29-25(27)21-22-26(28)30-24-20-18-16-14-12-10-8-6-4-2/h3-4,21-22H,1-2,5-20,23-24H2/b22-21+. The Balaban J connectivity index is 3.43. The van der Waals surface area contributed by atoms with E-state index in [0.717, 1.165) is 50.7 Å². The molecule has 0 bridgehead atoms. The van der Waals surface area contributed by atoms with E-state index in [-0.39, 0.29) is 0 Å². The van der Waals surface area contributed by atoms with E-state index in [1.165, 1.54) is 64.2 Å². The van der Waals surface area contributed by atoms with E-state index in [1.807, 2.05) is 12.2 Å². The predicted octanol–water partition coefficient (Wildman–Crippen LogP) is 7.24. The zero-order valence-electron chi connectivity index (χ0n) is 19.1. The fraction of sp³-hybridized carbons (Fsp3) is 0.692. The molecule has 0 saturated heterocycles. The molecule has 0 amide bonds. The largest absolute Gasteiger partial charge is 0.463 e. The molecule has 172 valence electrons. The van der Waals surface area contributed by atoms with Crippen molar-refractivity contribution in [2.75, 3.05) is 13.2 Å². The van der Waals surface area contributed by atoms with Gasteiger partial charge in [-0.15, -0.1) is 13.2 Å². The number of esters is 2. The molecule has 0 aliphatic carbocycles. The van der Waals surface area contributed by atoms with Gasteiger partial charge in [-0.3, -0.25) is 0 Å². The normalized spacial score (nSPS) is 10.8. The smallest absolute Gasteiger partial charge is 0.331 e. The van der Waals surface area contributed by atoms with Crippen LogP contribution in [0.3, 0.4) is 0 Å². The van der Waals surface area contributed by atoms with Crippen molar-refractivity contribution >= 4 is 11.9 Å². The number of hydrogen-bond acceptors (Lipinski definition) is 4. The second-order valence-electron chi connectivity index (χ2n) is 7.77. The van der Waals surface area contributed by atoms with Crippen LogP contribution < -0.4 is 0 Å². The maximum Gasteiger partial charge on any atom is 0.331 e. The number of hydrogen-bond donors (Lipinski definition) is 0. The Morgan fingerprint density at radius 2 is 0.800 bits per heavy atom. The molecular formula is C26H44O4. The van der Waals surface area contributed by atoms with Crippen LogP contribution in [-0.4, -0.2) is 25.2 Å². The first-order chi connectivity index (χ1) is 14.7. The van der Waals surface area contributed by atoms with Gasteiger partial charge in [0.05, 0.1) is 13.2 Å². The summed E-state index contributed by atoms with van der Waals surface area (Å²) < 4.78 is 10.2. The summed E-state index contributed by atoms with van der Waals surface area (Å²) in [6.07, 6.45) is 24.6. The lowest BCUT2D eigenvalue weighted by molar-refractivity contribution is -0.140. The minimum Gasteiger partial charge on any atom is -0.463 e. The van der Waals surface area contributed by atoms with Crippen LogP contribution in [-0.2, 0) is 19.1 Å². The van der Waals surface area contributed by atoms with Crippen LogP contribution in [0.15, 0.2) is 37.5 Å². The van der Waals surface area contributed by atoms with Crippen molar-refractivity contribution in [2.45, 2.75) is 103 Å². The van der Waals surface area contributed by atoms with Gasteiger partial charge in [-0.1, -0.05) is 76.4 Å². The van der Waals surface area contributed by atoms with Gasteiger partial charge in [0, 0.05) is 12.2 Å². The number of carbonyl (C=O) groups excluding carboxylic acids is 2. The SMILES string of the molecule is C=CCCCCCCCCCOC(=O)/C=C/C(=O)OCCCCCCCCCC=C. The minimum absolute atomic E-state index is 0.405. The first-order valence-corrected chi connectivity index (χ1v) is 11.9. The topological polar surface area (TPSA) is 52.6 Å². The summed E-state index contributed by atoms with van der Waals surface area (Å²) in [4.78, 5) is 23.2. The number of carbonyl (C=O) groups is 2. The molecule has 0 aliphatic heterocycles. The number of rotatable bonds is 22. The molecule has 0 unspecified atom stereocenters. The quantitative estimate of drug-likeness (QED) is 0.0801. The number of unbranched alkanes of at least 4 members (excludes halogenated alkanes) is 14. The Hall–Kier alpha value is -1.84. The van der Waals surface area contributed by atoms with Crippen LogP contribution in [0.5, 0.6) is 0 Å². The Morgan fingerprint density at radius 3 is 1.13 bits per heavy atom. The van der Waals surface area contributed by atoms with Crippen molar-refractivity contribution in [1.82, 2.24) is 0 Å². The molecule has 0 fully saturated rings. The summed E-state index contributed by atoms with van der Waals surface area (Å²) in [5.41, 5.74) is 0. The molecule has 4 nitrogen and oxygen atoms in total. The van der Waals surface area contributed by atoms with Gasteiger partial charge in [0.2, 0.25) is 0 Å². The van der Waals surface area contributed by atoms with E-state index in [9.17, 15) is 9.59 Å². The predicted molar refractivity (Wildman–Crippen MR) is 125 cm³/mol. The van der Waals surface area contributed by atoms with Gasteiger partial charge in [0.1, 0.15) is 0 Å². The summed E-state index contributed by atoms with van der Waals surface area (Å²) in [7, 11) is 0. The highest BCUT2D eigenvalue weighted by atomic mass is 16.5. The Morgan fingerprint density at radius 1 is 0.500 bits per heavy atom. The average molecular weight is 421 g/mol. The molecule has 0 radical (unpaired) electrons. The lowest BCUT2D eigenvalue weighted by Crippen LogP contribution is -2.06. The first-order valence-electron chi connectivity index (χ1n) is 11.9. The van der Waals surface area contributed by atoms with E-state index in [1.54, 1.807) is 0 Å². The lowest BCUT2D eigenvalue weighted by atomic mass is 10.1. The van der Waals surface area contributed by atoms with Crippen LogP contribution in [0.1, 0.15) is 103 Å². The van der Waals surface area contributed by atoms with Crippen LogP contribution in [0.25, 0.3) is 0 Å². The summed E-state index contributed by atoms with van der Waals surface area (Å²) in [5.74, 6) is -0.958. The third-order valence-corrected chi connectivity index (χ3v) is 4.95. The molecule has 0 heterocycles. The lowest BCUT2D eigenvalue weighted by Gasteiger charge is -2.04. The van der Waals surface area contributed by atoms with Crippen molar-refractivity contribution in [3.05, 3.63) is 37.5 Å². The van der Waals surface area contributed by atoms with Crippen molar-refractivity contribution < 1.29 is 19.1 Å². The maximum atomic E-state index is 11.6. The van der Waals surface area contributed by atoms with Gasteiger partial charge in [-0.2, -0.15) is 0 Å².